The molecule has 104 valence electrons. The van der Waals surface area contributed by atoms with Crippen molar-refractivity contribution in [2.75, 3.05) is 5.73 Å². The Labute approximate surface area is 121 Å². The Bertz CT molecular complexity index is 694. The molecule has 1 aromatic heterocycles. The van der Waals surface area contributed by atoms with Crippen molar-refractivity contribution in [2.24, 2.45) is 5.92 Å². The summed E-state index contributed by atoms with van der Waals surface area (Å²) in [4.78, 5) is 4.42. The van der Waals surface area contributed by atoms with E-state index in [0.29, 0.717) is 5.92 Å². The van der Waals surface area contributed by atoms with E-state index in [1.165, 1.54) is 5.56 Å². The van der Waals surface area contributed by atoms with E-state index in [9.17, 15) is 0 Å². The van der Waals surface area contributed by atoms with Gasteiger partial charge in [0.15, 0.2) is 0 Å². The maximum absolute atomic E-state index is 6.31. The third kappa shape index (κ3) is 2.60. The van der Waals surface area contributed by atoms with E-state index in [4.69, 9.17) is 5.73 Å². The van der Waals surface area contributed by atoms with Crippen LogP contribution in [0.2, 0.25) is 0 Å². The maximum atomic E-state index is 6.31. The molecule has 0 aliphatic carbocycles. The van der Waals surface area contributed by atoms with Gasteiger partial charge in [-0.2, -0.15) is 0 Å². The molecule has 0 fully saturated rings. The molecular formula is C18H22N2. The predicted molar refractivity (Wildman–Crippen MR) is 88.5 cm³/mol. The van der Waals surface area contributed by atoms with Crippen molar-refractivity contribution in [3.05, 3.63) is 53.8 Å². The van der Waals surface area contributed by atoms with Crippen molar-refractivity contribution in [3.8, 4) is 0 Å². The molecule has 0 unspecified atom stereocenters. The highest BCUT2D eigenvalue weighted by atomic mass is 14.7. The van der Waals surface area contributed by atoms with Crippen LogP contribution in [0.25, 0.3) is 16.5 Å². The van der Waals surface area contributed by atoms with E-state index in [1.807, 2.05) is 12.3 Å². The number of benzene rings is 1. The van der Waals surface area contributed by atoms with E-state index in [0.717, 1.165) is 33.3 Å². The summed E-state index contributed by atoms with van der Waals surface area (Å²) in [5.41, 5.74) is 12.4. The lowest BCUT2D eigenvalue weighted by Gasteiger charge is -2.12. The Morgan fingerprint density at radius 2 is 2.00 bits per heavy atom. The summed E-state index contributed by atoms with van der Waals surface area (Å²) >= 11 is 0. The fraction of sp³-hybridized carbons (Fsp3) is 0.278. The molecular weight excluding hydrogens is 244 g/mol. The second kappa shape index (κ2) is 5.49. The highest BCUT2D eigenvalue weighted by molar-refractivity contribution is 5.97. The summed E-state index contributed by atoms with van der Waals surface area (Å²) in [5, 5.41) is 1.12. The summed E-state index contributed by atoms with van der Waals surface area (Å²) in [5.74, 6) is 0.437. The van der Waals surface area contributed by atoms with Gasteiger partial charge in [0.1, 0.15) is 0 Å². The zero-order valence-corrected chi connectivity index (χ0v) is 12.7. The van der Waals surface area contributed by atoms with Gasteiger partial charge in [-0.1, -0.05) is 44.2 Å². The highest BCUT2D eigenvalue weighted by Gasteiger charge is 2.09. The number of anilines is 1. The van der Waals surface area contributed by atoms with Gasteiger partial charge in [0.2, 0.25) is 0 Å². The number of nitrogens with two attached hydrogens (primary N) is 1. The van der Waals surface area contributed by atoms with Crippen molar-refractivity contribution >= 4 is 22.2 Å². The van der Waals surface area contributed by atoms with Gasteiger partial charge >= 0.3 is 0 Å². The van der Waals surface area contributed by atoms with E-state index in [2.05, 4.69) is 57.5 Å². The second-order valence-electron chi connectivity index (χ2n) is 5.61. The molecule has 0 saturated carbocycles. The van der Waals surface area contributed by atoms with Gasteiger partial charge < -0.3 is 5.73 Å². The molecule has 2 rings (SSSR count). The molecule has 1 aromatic carbocycles. The minimum absolute atomic E-state index is 0.437. The summed E-state index contributed by atoms with van der Waals surface area (Å²) < 4.78 is 0. The van der Waals surface area contributed by atoms with Crippen LogP contribution in [-0.2, 0) is 0 Å². The first kappa shape index (κ1) is 14.3. The van der Waals surface area contributed by atoms with E-state index >= 15 is 0 Å². The van der Waals surface area contributed by atoms with Gasteiger partial charge in [0, 0.05) is 17.1 Å². The van der Waals surface area contributed by atoms with Crippen molar-refractivity contribution in [1.82, 2.24) is 4.98 Å². The van der Waals surface area contributed by atoms with Crippen LogP contribution in [0.4, 0.5) is 5.69 Å². The molecule has 0 spiro atoms. The molecule has 0 saturated heterocycles. The lowest BCUT2D eigenvalue weighted by Crippen LogP contribution is -1.97. The van der Waals surface area contributed by atoms with Crippen LogP contribution < -0.4 is 5.73 Å². The normalized spacial score (nSPS) is 12.2. The van der Waals surface area contributed by atoms with Crippen molar-refractivity contribution in [2.45, 2.75) is 27.7 Å². The number of hydrogen-bond donors (Lipinski definition) is 1. The third-order valence-corrected chi connectivity index (χ3v) is 3.74. The Morgan fingerprint density at radius 3 is 2.65 bits per heavy atom. The number of pyridine rings is 1. The fourth-order valence-corrected chi connectivity index (χ4v) is 2.25. The first-order chi connectivity index (χ1) is 9.41. The van der Waals surface area contributed by atoms with E-state index < -0.39 is 0 Å². The van der Waals surface area contributed by atoms with Crippen LogP contribution in [-0.4, -0.2) is 4.98 Å². The van der Waals surface area contributed by atoms with E-state index in [1.54, 1.807) is 0 Å². The van der Waals surface area contributed by atoms with Gasteiger partial charge in [0.25, 0.3) is 0 Å². The Kier molecular flexibility index (Phi) is 3.93. The average molecular weight is 266 g/mol. The summed E-state index contributed by atoms with van der Waals surface area (Å²) in [7, 11) is 0. The van der Waals surface area contributed by atoms with Gasteiger partial charge in [-0.05, 0) is 37.0 Å². The standard InChI is InChI=1S/C18H22N2/c1-11(2)13(4)10-14(5)15-6-7-16-12(3)8-9-20-18(16)17(15)19/h6-11H,4,19H2,1-3,5H3/b14-10-. The van der Waals surface area contributed by atoms with Crippen LogP contribution >= 0.6 is 0 Å². The van der Waals surface area contributed by atoms with Crippen molar-refractivity contribution < 1.29 is 0 Å². The first-order valence-electron chi connectivity index (χ1n) is 6.93. The first-order valence-corrected chi connectivity index (χ1v) is 6.93. The van der Waals surface area contributed by atoms with Crippen LogP contribution in [0.15, 0.2) is 42.6 Å². The molecule has 0 atom stereocenters. The molecule has 2 aromatic rings. The summed E-state index contributed by atoms with van der Waals surface area (Å²) in [6.07, 6.45) is 3.92. The van der Waals surface area contributed by atoms with Gasteiger partial charge in [-0.3, -0.25) is 4.98 Å². The predicted octanol–water partition coefficient (Wildman–Crippen LogP) is 4.74. The number of hydrogen-bond acceptors (Lipinski definition) is 2. The molecule has 0 amide bonds. The topological polar surface area (TPSA) is 38.9 Å². The summed E-state index contributed by atoms with van der Waals surface area (Å²) in [6.45, 7) is 12.5. The van der Waals surface area contributed by atoms with Gasteiger partial charge in [-0.25, -0.2) is 0 Å². The highest BCUT2D eigenvalue weighted by Crippen LogP contribution is 2.30. The fourth-order valence-electron chi connectivity index (χ4n) is 2.25. The van der Waals surface area contributed by atoms with Crippen LogP contribution in [0.3, 0.4) is 0 Å². The number of aryl methyl sites for hydroxylation is 1. The molecule has 2 heteroatoms. The Morgan fingerprint density at radius 1 is 1.30 bits per heavy atom. The molecule has 0 radical (unpaired) electrons. The minimum atomic E-state index is 0.437. The number of nitrogens with zero attached hydrogens (tertiary/aromatic N) is 1. The maximum Gasteiger partial charge on any atom is 0.0940 e. The van der Waals surface area contributed by atoms with E-state index in [-0.39, 0.29) is 0 Å². The molecule has 20 heavy (non-hydrogen) atoms. The summed E-state index contributed by atoms with van der Waals surface area (Å²) in [6, 6.07) is 6.18. The number of nitrogen functional groups attached to an aromatic ring is 1. The lowest BCUT2D eigenvalue weighted by atomic mass is 9.96. The SMILES string of the molecule is C=C(/C=C(/C)c1ccc2c(C)ccnc2c1N)C(C)C. The molecule has 0 aliphatic heterocycles. The Balaban J connectivity index is 2.57. The quantitative estimate of drug-likeness (QED) is 0.643. The zero-order chi connectivity index (χ0) is 14.9. The van der Waals surface area contributed by atoms with Crippen LogP contribution in [0, 0.1) is 12.8 Å². The van der Waals surface area contributed by atoms with Crippen LogP contribution in [0.1, 0.15) is 31.9 Å². The zero-order valence-electron chi connectivity index (χ0n) is 12.7. The molecule has 0 aliphatic rings. The second-order valence-corrected chi connectivity index (χ2v) is 5.61. The smallest absolute Gasteiger partial charge is 0.0940 e. The van der Waals surface area contributed by atoms with Gasteiger partial charge in [0.05, 0.1) is 11.2 Å². The lowest BCUT2D eigenvalue weighted by molar-refractivity contribution is 0.795. The average Bonchev–Trinajstić information content (AvgIpc) is 2.39. The molecule has 0 bridgehead atoms. The number of aromatic nitrogens is 1. The van der Waals surface area contributed by atoms with Crippen molar-refractivity contribution in [3.63, 3.8) is 0 Å². The van der Waals surface area contributed by atoms with Crippen LogP contribution in [0.5, 0.6) is 0 Å². The largest absolute Gasteiger partial charge is 0.396 e. The molecule has 2 N–H and O–H groups in total. The number of fused-ring (bicyclic) bond motifs is 1. The number of allylic oxidation sites excluding steroid dienone is 3. The molecule has 1 heterocycles. The number of rotatable bonds is 3. The minimum Gasteiger partial charge on any atom is -0.396 e. The van der Waals surface area contributed by atoms with Gasteiger partial charge in [-0.15, -0.1) is 0 Å². The third-order valence-electron chi connectivity index (χ3n) is 3.74. The molecule has 2 nitrogen and oxygen atoms in total. The monoisotopic (exact) mass is 266 g/mol. The van der Waals surface area contributed by atoms with Crippen molar-refractivity contribution in [1.29, 1.82) is 0 Å². The Hall–Kier alpha value is -2.09.